The van der Waals surface area contributed by atoms with Gasteiger partial charge in [-0.05, 0) is 19.2 Å². The van der Waals surface area contributed by atoms with Crippen molar-refractivity contribution in [1.29, 1.82) is 0 Å². The average molecular weight is 220 g/mol. The molecule has 1 aromatic rings. The zero-order valence-corrected chi connectivity index (χ0v) is 9.14. The fourth-order valence-electron chi connectivity index (χ4n) is 0.971. The van der Waals surface area contributed by atoms with Crippen molar-refractivity contribution in [1.82, 2.24) is 0 Å². The van der Waals surface area contributed by atoms with Gasteiger partial charge in [-0.15, -0.1) is 0 Å². The smallest absolute Gasteiger partial charge is 0.171 e. The Morgan fingerprint density at radius 3 is 2.43 bits per heavy atom. The monoisotopic (exact) mass is 220 g/mol. The molecule has 0 aromatic heterocycles. The second kappa shape index (κ2) is 4.61. The predicted octanol–water partition coefficient (Wildman–Crippen LogP) is 2.60. The molecule has 0 unspecified atom stereocenters. The van der Waals surface area contributed by atoms with E-state index in [1.165, 1.54) is 0 Å². The van der Waals surface area contributed by atoms with Gasteiger partial charge in [0.2, 0.25) is 0 Å². The SMILES string of the molecule is C[SiH](C)OCc1cc(F)cc(F)c1F. The molecule has 0 aliphatic rings. The largest absolute Gasteiger partial charge is 0.416 e. The van der Waals surface area contributed by atoms with Gasteiger partial charge >= 0.3 is 0 Å². The van der Waals surface area contributed by atoms with Gasteiger partial charge in [0.15, 0.2) is 20.7 Å². The van der Waals surface area contributed by atoms with E-state index in [4.69, 9.17) is 4.43 Å². The molecule has 0 radical (unpaired) electrons. The molecule has 1 rings (SSSR count). The zero-order chi connectivity index (χ0) is 10.7. The molecule has 0 N–H and O–H groups in total. The van der Waals surface area contributed by atoms with Gasteiger partial charge in [-0.3, -0.25) is 0 Å². The highest BCUT2D eigenvalue weighted by molar-refractivity contribution is 6.48. The maximum absolute atomic E-state index is 13.0. The molecule has 1 aromatic carbocycles. The first-order valence-electron chi connectivity index (χ1n) is 4.25. The first kappa shape index (κ1) is 11.3. The van der Waals surface area contributed by atoms with Crippen LogP contribution in [0, 0.1) is 17.5 Å². The van der Waals surface area contributed by atoms with E-state index in [0.717, 1.165) is 6.07 Å². The lowest BCUT2D eigenvalue weighted by Gasteiger charge is -2.08. The Morgan fingerprint density at radius 1 is 1.21 bits per heavy atom. The number of hydrogen-bond donors (Lipinski definition) is 0. The third-order valence-electron chi connectivity index (χ3n) is 1.64. The summed E-state index contributed by atoms with van der Waals surface area (Å²) in [6.07, 6.45) is 0. The molecule has 0 spiro atoms. The number of halogens is 3. The van der Waals surface area contributed by atoms with Crippen molar-refractivity contribution >= 4 is 9.04 Å². The van der Waals surface area contributed by atoms with Crippen LogP contribution in [0.25, 0.3) is 0 Å². The molecule has 0 saturated heterocycles. The third-order valence-corrected chi connectivity index (χ3v) is 2.47. The van der Waals surface area contributed by atoms with Crippen LogP contribution >= 0.6 is 0 Å². The summed E-state index contributed by atoms with van der Waals surface area (Å²) in [5.74, 6) is -2.98. The Balaban J connectivity index is 2.85. The van der Waals surface area contributed by atoms with Gasteiger partial charge in [-0.1, -0.05) is 0 Å². The first-order chi connectivity index (χ1) is 6.50. The molecule has 0 atom stereocenters. The van der Waals surface area contributed by atoms with E-state index in [-0.39, 0.29) is 12.2 Å². The minimum Gasteiger partial charge on any atom is -0.416 e. The molecule has 1 nitrogen and oxygen atoms in total. The molecule has 0 aliphatic carbocycles. The number of hydrogen-bond acceptors (Lipinski definition) is 1. The lowest BCUT2D eigenvalue weighted by molar-refractivity contribution is 0.303. The van der Waals surface area contributed by atoms with Gasteiger partial charge in [0.05, 0.1) is 6.61 Å². The van der Waals surface area contributed by atoms with Crippen LogP contribution in [-0.2, 0) is 11.0 Å². The highest BCUT2D eigenvalue weighted by Crippen LogP contribution is 2.15. The third kappa shape index (κ3) is 2.85. The molecule has 78 valence electrons. The van der Waals surface area contributed by atoms with E-state index in [1.807, 2.05) is 13.1 Å². The van der Waals surface area contributed by atoms with Crippen molar-refractivity contribution < 1.29 is 17.6 Å². The van der Waals surface area contributed by atoms with Crippen LogP contribution in [-0.4, -0.2) is 9.04 Å². The van der Waals surface area contributed by atoms with Crippen molar-refractivity contribution in [2.75, 3.05) is 0 Å². The van der Waals surface area contributed by atoms with Crippen LogP contribution in [0.3, 0.4) is 0 Å². The van der Waals surface area contributed by atoms with Crippen LogP contribution in [0.1, 0.15) is 5.56 Å². The Bertz CT molecular complexity index is 328. The summed E-state index contributed by atoms with van der Waals surface area (Å²) >= 11 is 0. The summed E-state index contributed by atoms with van der Waals surface area (Å²) in [5.41, 5.74) is -0.0660. The Labute approximate surface area is 82.2 Å². The number of benzene rings is 1. The lowest BCUT2D eigenvalue weighted by atomic mass is 10.2. The Hall–Kier alpha value is -0.813. The second-order valence-corrected chi connectivity index (χ2v) is 5.65. The molecule has 0 saturated carbocycles. The minimum atomic E-state index is -1.30. The van der Waals surface area contributed by atoms with Gasteiger partial charge in [0.25, 0.3) is 0 Å². The fraction of sp³-hybridized carbons (Fsp3) is 0.333. The molecule has 0 bridgehead atoms. The normalized spacial score (nSPS) is 11.0. The molecule has 0 aliphatic heterocycles. The van der Waals surface area contributed by atoms with Crippen molar-refractivity contribution in [3.05, 3.63) is 35.1 Å². The molecular formula is C9H11F3OSi. The minimum absolute atomic E-state index is 0.0651. The maximum Gasteiger partial charge on any atom is 0.171 e. The van der Waals surface area contributed by atoms with Gasteiger partial charge in [0.1, 0.15) is 5.82 Å². The summed E-state index contributed by atoms with van der Waals surface area (Å²) < 4.78 is 43.6. The quantitative estimate of drug-likeness (QED) is 0.562. The molecule has 14 heavy (non-hydrogen) atoms. The predicted molar refractivity (Wildman–Crippen MR) is 50.0 cm³/mol. The van der Waals surface area contributed by atoms with Gasteiger partial charge in [0, 0.05) is 11.6 Å². The van der Waals surface area contributed by atoms with E-state index in [0.29, 0.717) is 6.07 Å². The molecule has 0 fully saturated rings. The van der Waals surface area contributed by atoms with Crippen molar-refractivity contribution in [3.8, 4) is 0 Å². The zero-order valence-electron chi connectivity index (χ0n) is 7.98. The summed E-state index contributed by atoms with van der Waals surface area (Å²) in [7, 11) is -1.30. The maximum atomic E-state index is 13.0. The van der Waals surface area contributed by atoms with Crippen LogP contribution in [0.15, 0.2) is 12.1 Å². The van der Waals surface area contributed by atoms with E-state index in [9.17, 15) is 13.2 Å². The summed E-state index contributed by atoms with van der Waals surface area (Å²) in [6.45, 7) is 3.73. The second-order valence-electron chi connectivity index (χ2n) is 3.22. The van der Waals surface area contributed by atoms with Crippen LogP contribution in [0.5, 0.6) is 0 Å². The fourth-order valence-corrected chi connectivity index (χ4v) is 1.48. The van der Waals surface area contributed by atoms with E-state index >= 15 is 0 Å². The Morgan fingerprint density at radius 2 is 1.86 bits per heavy atom. The summed E-state index contributed by atoms with van der Waals surface area (Å²) in [4.78, 5) is 0. The molecule has 0 amide bonds. The van der Waals surface area contributed by atoms with E-state index in [2.05, 4.69) is 0 Å². The van der Waals surface area contributed by atoms with Crippen molar-refractivity contribution in [2.24, 2.45) is 0 Å². The van der Waals surface area contributed by atoms with Gasteiger partial charge < -0.3 is 4.43 Å². The lowest BCUT2D eigenvalue weighted by Crippen LogP contribution is -2.09. The molecule has 5 heteroatoms. The van der Waals surface area contributed by atoms with Gasteiger partial charge in [-0.25, -0.2) is 13.2 Å². The van der Waals surface area contributed by atoms with E-state index < -0.39 is 26.5 Å². The number of rotatable bonds is 3. The van der Waals surface area contributed by atoms with Gasteiger partial charge in [-0.2, -0.15) is 0 Å². The average Bonchev–Trinajstić information content (AvgIpc) is 2.08. The van der Waals surface area contributed by atoms with Crippen LogP contribution < -0.4 is 0 Å². The van der Waals surface area contributed by atoms with Crippen molar-refractivity contribution in [2.45, 2.75) is 19.7 Å². The molecule has 0 heterocycles. The topological polar surface area (TPSA) is 9.23 Å². The summed E-state index contributed by atoms with van der Waals surface area (Å²) in [6, 6.07) is 1.47. The molecular weight excluding hydrogens is 209 g/mol. The Kier molecular flexibility index (Phi) is 3.71. The summed E-state index contributed by atoms with van der Waals surface area (Å²) in [5, 5.41) is 0. The van der Waals surface area contributed by atoms with Crippen LogP contribution in [0.2, 0.25) is 13.1 Å². The standard InChI is InChI=1S/C9H11F3OSi/c1-14(2)13-5-6-3-7(10)4-8(11)9(6)12/h3-4,14H,5H2,1-2H3. The highest BCUT2D eigenvalue weighted by Gasteiger charge is 2.11. The van der Waals surface area contributed by atoms with Crippen molar-refractivity contribution in [3.63, 3.8) is 0 Å². The van der Waals surface area contributed by atoms with Crippen LogP contribution in [0.4, 0.5) is 13.2 Å². The first-order valence-corrected chi connectivity index (χ1v) is 7.04. The van der Waals surface area contributed by atoms with E-state index in [1.54, 1.807) is 0 Å². The highest BCUT2D eigenvalue weighted by atomic mass is 28.3.